The summed E-state index contributed by atoms with van der Waals surface area (Å²) in [5.41, 5.74) is 2.12. The molecule has 1 aromatic heterocycles. The molecule has 98 valence electrons. The predicted octanol–water partition coefficient (Wildman–Crippen LogP) is 3.86. The van der Waals surface area contributed by atoms with Crippen molar-refractivity contribution in [3.05, 3.63) is 35.8 Å². The molecular weight excluding hydrogens is 227 g/mol. The molecule has 0 amide bonds. The van der Waals surface area contributed by atoms with E-state index in [1.54, 1.807) is 6.07 Å². The molecule has 1 aromatic carbocycles. The number of aromatic nitrogens is 1. The van der Waals surface area contributed by atoms with Gasteiger partial charge in [0.1, 0.15) is 5.82 Å². The van der Waals surface area contributed by atoms with Crippen molar-refractivity contribution in [1.82, 2.24) is 9.88 Å². The van der Waals surface area contributed by atoms with Crippen LogP contribution in [0.25, 0.3) is 10.9 Å². The first-order valence-electron chi connectivity index (χ1n) is 6.52. The largest absolute Gasteiger partial charge is 0.341 e. The highest BCUT2D eigenvalue weighted by molar-refractivity contribution is 5.82. The van der Waals surface area contributed by atoms with Gasteiger partial charge < -0.3 is 9.88 Å². The number of fused-ring (bicyclic) bond motifs is 1. The Bertz CT molecular complexity index is 541. The number of rotatable bonds is 4. The van der Waals surface area contributed by atoms with Crippen LogP contribution in [0.4, 0.5) is 4.39 Å². The molecule has 0 bridgehead atoms. The molecule has 0 saturated heterocycles. The predicted molar refractivity (Wildman–Crippen MR) is 74.3 cm³/mol. The van der Waals surface area contributed by atoms with E-state index in [9.17, 15) is 4.39 Å². The van der Waals surface area contributed by atoms with E-state index >= 15 is 0 Å². The Kier molecular flexibility index (Phi) is 3.71. The van der Waals surface area contributed by atoms with Gasteiger partial charge in [0.15, 0.2) is 0 Å². The van der Waals surface area contributed by atoms with Crippen molar-refractivity contribution in [2.45, 2.75) is 46.3 Å². The molecular formula is C15H21FN2. The van der Waals surface area contributed by atoms with Crippen molar-refractivity contribution in [2.75, 3.05) is 0 Å². The summed E-state index contributed by atoms with van der Waals surface area (Å²) in [6, 6.07) is 7.99. The highest BCUT2D eigenvalue weighted by Crippen LogP contribution is 2.26. The lowest BCUT2D eigenvalue weighted by Gasteiger charge is -2.16. The molecule has 0 spiro atoms. The van der Waals surface area contributed by atoms with E-state index in [1.807, 2.05) is 12.1 Å². The van der Waals surface area contributed by atoms with Crippen molar-refractivity contribution in [3.8, 4) is 0 Å². The molecule has 0 fully saturated rings. The Labute approximate surface area is 108 Å². The topological polar surface area (TPSA) is 17.0 Å². The lowest BCUT2D eigenvalue weighted by atomic mass is 10.2. The van der Waals surface area contributed by atoms with Crippen LogP contribution in [0.5, 0.6) is 0 Å². The number of hydrogen-bond donors (Lipinski definition) is 1. The highest BCUT2D eigenvalue weighted by Gasteiger charge is 2.13. The maximum Gasteiger partial charge on any atom is 0.132 e. The quantitative estimate of drug-likeness (QED) is 0.869. The number of nitrogens with one attached hydrogen (secondary N) is 1. The fourth-order valence-electron chi connectivity index (χ4n) is 2.32. The van der Waals surface area contributed by atoms with Crippen molar-refractivity contribution in [2.24, 2.45) is 0 Å². The summed E-state index contributed by atoms with van der Waals surface area (Å²) in [4.78, 5) is 0. The molecule has 18 heavy (non-hydrogen) atoms. The van der Waals surface area contributed by atoms with Gasteiger partial charge >= 0.3 is 0 Å². The second-order valence-corrected chi connectivity index (χ2v) is 5.31. The molecule has 0 aliphatic carbocycles. The summed E-state index contributed by atoms with van der Waals surface area (Å²) in [5.74, 6) is -0.141. The number of hydrogen-bond acceptors (Lipinski definition) is 1. The van der Waals surface area contributed by atoms with Gasteiger partial charge in [-0.25, -0.2) is 4.39 Å². The summed E-state index contributed by atoms with van der Waals surface area (Å²) in [6.07, 6.45) is 0. The Morgan fingerprint density at radius 3 is 2.56 bits per heavy atom. The van der Waals surface area contributed by atoms with Gasteiger partial charge in [0, 0.05) is 29.7 Å². The van der Waals surface area contributed by atoms with Crippen LogP contribution in [0.2, 0.25) is 0 Å². The van der Waals surface area contributed by atoms with Crippen LogP contribution in [0, 0.1) is 5.82 Å². The van der Waals surface area contributed by atoms with Crippen LogP contribution < -0.4 is 5.32 Å². The van der Waals surface area contributed by atoms with E-state index in [4.69, 9.17) is 0 Å². The van der Waals surface area contributed by atoms with Gasteiger partial charge in [0.25, 0.3) is 0 Å². The zero-order chi connectivity index (χ0) is 13.3. The van der Waals surface area contributed by atoms with Crippen molar-refractivity contribution >= 4 is 10.9 Å². The average molecular weight is 248 g/mol. The van der Waals surface area contributed by atoms with Gasteiger partial charge in [0.05, 0.1) is 5.52 Å². The molecule has 2 aromatic rings. The SMILES string of the molecule is CC(C)NCc1cc2c(F)cccc2n1C(C)C. The summed E-state index contributed by atoms with van der Waals surface area (Å²) in [5, 5.41) is 4.11. The molecule has 0 aliphatic rings. The average Bonchev–Trinajstić information content (AvgIpc) is 2.66. The fraction of sp³-hybridized carbons (Fsp3) is 0.467. The highest BCUT2D eigenvalue weighted by atomic mass is 19.1. The van der Waals surface area contributed by atoms with E-state index in [-0.39, 0.29) is 5.82 Å². The molecule has 0 saturated carbocycles. The monoisotopic (exact) mass is 248 g/mol. The molecule has 0 aliphatic heterocycles. The van der Waals surface area contributed by atoms with Crippen molar-refractivity contribution < 1.29 is 4.39 Å². The third-order valence-corrected chi connectivity index (χ3v) is 3.12. The van der Waals surface area contributed by atoms with Crippen LogP contribution in [0.1, 0.15) is 39.4 Å². The summed E-state index contributed by atoms with van der Waals surface area (Å²) in [7, 11) is 0. The first-order valence-corrected chi connectivity index (χ1v) is 6.52. The third kappa shape index (κ3) is 2.41. The summed E-state index contributed by atoms with van der Waals surface area (Å²) in [6.45, 7) is 9.25. The van der Waals surface area contributed by atoms with Gasteiger partial charge in [-0.1, -0.05) is 19.9 Å². The fourth-order valence-corrected chi connectivity index (χ4v) is 2.32. The second-order valence-electron chi connectivity index (χ2n) is 5.31. The first kappa shape index (κ1) is 13.1. The lowest BCUT2D eigenvalue weighted by molar-refractivity contribution is 0.534. The lowest BCUT2D eigenvalue weighted by Crippen LogP contribution is -2.23. The number of nitrogens with zero attached hydrogens (tertiary/aromatic N) is 1. The second kappa shape index (κ2) is 5.11. The van der Waals surface area contributed by atoms with Crippen LogP contribution in [-0.4, -0.2) is 10.6 Å². The Morgan fingerprint density at radius 1 is 1.22 bits per heavy atom. The molecule has 0 atom stereocenters. The minimum atomic E-state index is -0.141. The van der Waals surface area contributed by atoms with Crippen LogP contribution in [-0.2, 0) is 6.54 Å². The molecule has 0 unspecified atom stereocenters. The van der Waals surface area contributed by atoms with Crippen LogP contribution in [0.15, 0.2) is 24.3 Å². The Hall–Kier alpha value is -1.35. The van der Waals surface area contributed by atoms with Gasteiger partial charge in [-0.15, -0.1) is 0 Å². The van der Waals surface area contributed by atoms with Crippen LogP contribution in [0.3, 0.4) is 0 Å². The van der Waals surface area contributed by atoms with Gasteiger partial charge in [0.2, 0.25) is 0 Å². The van der Waals surface area contributed by atoms with Gasteiger partial charge in [-0.05, 0) is 32.0 Å². The van der Waals surface area contributed by atoms with Gasteiger partial charge in [-0.3, -0.25) is 0 Å². The molecule has 1 heterocycles. The molecule has 2 rings (SSSR count). The smallest absolute Gasteiger partial charge is 0.132 e. The van der Waals surface area contributed by atoms with E-state index in [1.165, 1.54) is 6.07 Å². The minimum Gasteiger partial charge on any atom is -0.341 e. The number of benzene rings is 1. The van der Waals surface area contributed by atoms with Crippen molar-refractivity contribution in [3.63, 3.8) is 0 Å². The minimum absolute atomic E-state index is 0.141. The molecule has 2 nitrogen and oxygen atoms in total. The normalized spacial score (nSPS) is 11.9. The van der Waals surface area contributed by atoms with E-state index in [2.05, 4.69) is 37.6 Å². The van der Waals surface area contributed by atoms with Gasteiger partial charge in [-0.2, -0.15) is 0 Å². The van der Waals surface area contributed by atoms with Crippen LogP contribution >= 0.6 is 0 Å². The zero-order valence-corrected chi connectivity index (χ0v) is 11.5. The number of halogens is 1. The van der Waals surface area contributed by atoms with E-state index in [0.29, 0.717) is 17.5 Å². The Balaban J connectivity index is 2.51. The zero-order valence-electron chi connectivity index (χ0n) is 11.5. The summed E-state index contributed by atoms with van der Waals surface area (Å²) < 4.78 is 16.0. The standard InChI is InChI=1S/C15H21FN2/c1-10(2)17-9-12-8-13-14(16)6-5-7-15(13)18(12)11(3)4/h5-8,10-11,17H,9H2,1-4H3. The van der Waals surface area contributed by atoms with E-state index in [0.717, 1.165) is 17.8 Å². The maximum absolute atomic E-state index is 13.8. The van der Waals surface area contributed by atoms with Crippen molar-refractivity contribution in [1.29, 1.82) is 0 Å². The molecule has 3 heteroatoms. The maximum atomic E-state index is 13.8. The molecule has 1 N–H and O–H groups in total. The third-order valence-electron chi connectivity index (χ3n) is 3.12. The Morgan fingerprint density at radius 2 is 1.94 bits per heavy atom. The first-order chi connectivity index (χ1) is 8.50. The molecule has 0 radical (unpaired) electrons. The van der Waals surface area contributed by atoms with E-state index < -0.39 is 0 Å². The summed E-state index contributed by atoms with van der Waals surface area (Å²) >= 11 is 0.